The van der Waals surface area contributed by atoms with Crippen molar-refractivity contribution >= 4 is 5.91 Å². The van der Waals surface area contributed by atoms with Crippen molar-refractivity contribution < 1.29 is 4.79 Å². The van der Waals surface area contributed by atoms with E-state index in [4.69, 9.17) is 0 Å². The molecule has 0 bridgehead atoms. The number of nitrogens with one attached hydrogen (secondary N) is 1. The Kier molecular flexibility index (Phi) is 5.26. The van der Waals surface area contributed by atoms with Gasteiger partial charge in [-0.15, -0.1) is 0 Å². The molecule has 0 spiro atoms. The van der Waals surface area contributed by atoms with Crippen molar-refractivity contribution in [1.29, 1.82) is 0 Å². The van der Waals surface area contributed by atoms with Gasteiger partial charge in [-0.2, -0.15) is 0 Å². The Labute approximate surface area is 118 Å². The second-order valence-electron chi connectivity index (χ2n) is 6.42. The lowest BCUT2D eigenvalue weighted by Crippen LogP contribution is -2.38. The first kappa shape index (κ1) is 14.8. The van der Waals surface area contributed by atoms with Crippen LogP contribution in [0.1, 0.15) is 65.7 Å². The van der Waals surface area contributed by atoms with Gasteiger partial charge in [-0.05, 0) is 24.7 Å². The normalized spacial score (nSPS) is 30.3. The number of carbonyl (C=O) groups is 1. The third kappa shape index (κ3) is 3.31. The van der Waals surface area contributed by atoms with Gasteiger partial charge in [0.1, 0.15) is 0 Å². The number of nitrogens with zero attached hydrogens (tertiary/aromatic N) is 1. The predicted molar refractivity (Wildman–Crippen MR) is 78.7 cm³/mol. The van der Waals surface area contributed by atoms with Gasteiger partial charge in [0.05, 0.1) is 12.2 Å². The van der Waals surface area contributed by atoms with Crippen LogP contribution in [0.15, 0.2) is 0 Å². The highest BCUT2D eigenvalue weighted by Crippen LogP contribution is 2.29. The molecule has 1 heterocycles. The molecule has 1 aliphatic heterocycles. The molecule has 3 heteroatoms. The van der Waals surface area contributed by atoms with Crippen LogP contribution in [0, 0.1) is 11.8 Å². The van der Waals surface area contributed by atoms with E-state index in [0.29, 0.717) is 11.8 Å². The second kappa shape index (κ2) is 6.74. The van der Waals surface area contributed by atoms with E-state index in [9.17, 15) is 4.79 Å². The van der Waals surface area contributed by atoms with E-state index in [2.05, 4.69) is 31.0 Å². The molecule has 2 rings (SSSR count). The molecule has 1 aliphatic carbocycles. The third-order valence-electron chi connectivity index (χ3n) is 5.15. The van der Waals surface area contributed by atoms with E-state index in [0.717, 1.165) is 25.3 Å². The summed E-state index contributed by atoms with van der Waals surface area (Å²) in [4.78, 5) is 14.7. The quantitative estimate of drug-likeness (QED) is 0.801. The highest BCUT2D eigenvalue weighted by Gasteiger charge is 2.39. The van der Waals surface area contributed by atoms with Gasteiger partial charge in [0.15, 0.2) is 0 Å². The molecule has 0 aromatic heterocycles. The molecule has 2 aliphatic rings. The van der Waals surface area contributed by atoms with Crippen molar-refractivity contribution in [1.82, 2.24) is 10.2 Å². The fraction of sp³-hybridized carbons (Fsp3) is 0.938. The minimum Gasteiger partial charge on any atom is -0.326 e. The van der Waals surface area contributed by atoms with E-state index >= 15 is 0 Å². The minimum atomic E-state index is 0.0542. The first-order chi connectivity index (χ1) is 9.17. The van der Waals surface area contributed by atoms with Gasteiger partial charge < -0.3 is 4.90 Å². The van der Waals surface area contributed by atoms with Crippen LogP contribution in [0.2, 0.25) is 0 Å². The zero-order valence-corrected chi connectivity index (χ0v) is 12.8. The lowest BCUT2D eigenvalue weighted by Gasteiger charge is -2.24. The number of amides is 1. The van der Waals surface area contributed by atoms with Gasteiger partial charge in [0.2, 0.25) is 5.91 Å². The SMILES string of the molecule is CCC(C)C1NC(CC)N(CCC2CCCC2)C1=O. The number of rotatable bonds is 6. The first-order valence-electron chi connectivity index (χ1n) is 8.23. The summed E-state index contributed by atoms with van der Waals surface area (Å²) in [5.74, 6) is 1.66. The second-order valence-corrected chi connectivity index (χ2v) is 6.42. The Hall–Kier alpha value is -0.570. The fourth-order valence-electron chi connectivity index (χ4n) is 3.57. The molecule has 1 saturated carbocycles. The van der Waals surface area contributed by atoms with Gasteiger partial charge >= 0.3 is 0 Å². The van der Waals surface area contributed by atoms with Crippen LogP contribution in [-0.4, -0.2) is 29.6 Å². The predicted octanol–water partition coefficient (Wildman–Crippen LogP) is 3.15. The molecule has 3 atom stereocenters. The minimum absolute atomic E-state index is 0.0542. The van der Waals surface area contributed by atoms with Crippen LogP contribution in [0.3, 0.4) is 0 Å². The fourth-order valence-corrected chi connectivity index (χ4v) is 3.57. The Morgan fingerprint density at radius 1 is 1.32 bits per heavy atom. The molecule has 1 saturated heterocycles. The van der Waals surface area contributed by atoms with Crippen molar-refractivity contribution in [3.63, 3.8) is 0 Å². The van der Waals surface area contributed by atoms with E-state index in [-0.39, 0.29) is 12.2 Å². The molecule has 0 aromatic carbocycles. The van der Waals surface area contributed by atoms with Crippen molar-refractivity contribution in [2.45, 2.75) is 77.9 Å². The maximum Gasteiger partial charge on any atom is 0.241 e. The van der Waals surface area contributed by atoms with Crippen molar-refractivity contribution in [3.8, 4) is 0 Å². The summed E-state index contributed by atoms with van der Waals surface area (Å²) in [6, 6.07) is 0.0542. The summed E-state index contributed by atoms with van der Waals surface area (Å²) in [6.07, 6.45) is 9.10. The lowest BCUT2D eigenvalue weighted by molar-refractivity contribution is -0.131. The highest BCUT2D eigenvalue weighted by molar-refractivity contribution is 5.84. The number of hydrogen-bond donors (Lipinski definition) is 1. The van der Waals surface area contributed by atoms with E-state index in [1.54, 1.807) is 0 Å². The maximum atomic E-state index is 12.5. The van der Waals surface area contributed by atoms with Crippen LogP contribution in [0.25, 0.3) is 0 Å². The monoisotopic (exact) mass is 266 g/mol. The average Bonchev–Trinajstić information content (AvgIpc) is 3.03. The van der Waals surface area contributed by atoms with Gasteiger partial charge in [-0.25, -0.2) is 0 Å². The van der Waals surface area contributed by atoms with Gasteiger partial charge in [0, 0.05) is 6.54 Å². The summed E-state index contributed by atoms with van der Waals surface area (Å²) in [5, 5.41) is 3.54. The Morgan fingerprint density at radius 3 is 2.58 bits per heavy atom. The van der Waals surface area contributed by atoms with Crippen molar-refractivity contribution in [3.05, 3.63) is 0 Å². The summed E-state index contributed by atoms with van der Waals surface area (Å²) < 4.78 is 0. The Bertz CT molecular complexity index is 299. The van der Waals surface area contributed by atoms with E-state index in [1.165, 1.54) is 32.1 Å². The summed E-state index contributed by atoms with van der Waals surface area (Å²) in [5.41, 5.74) is 0. The number of carbonyl (C=O) groups excluding carboxylic acids is 1. The average molecular weight is 266 g/mol. The maximum absolute atomic E-state index is 12.5. The summed E-state index contributed by atoms with van der Waals surface area (Å²) in [7, 11) is 0. The highest BCUT2D eigenvalue weighted by atomic mass is 16.2. The largest absolute Gasteiger partial charge is 0.326 e. The Balaban J connectivity index is 1.91. The van der Waals surface area contributed by atoms with Crippen LogP contribution in [0.4, 0.5) is 0 Å². The zero-order chi connectivity index (χ0) is 13.8. The van der Waals surface area contributed by atoms with Gasteiger partial charge in [0.25, 0.3) is 0 Å². The third-order valence-corrected chi connectivity index (χ3v) is 5.15. The van der Waals surface area contributed by atoms with Crippen LogP contribution < -0.4 is 5.32 Å². The zero-order valence-electron chi connectivity index (χ0n) is 12.8. The van der Waals surface area contributed by atoms with E-state index in [1.807, 2.05) is 0 Å². The smallest absolute Gasteiger partial charge is 0.241 e. The lowest BCUT2D eigenvalue weighted by atomic mass is 9.99. The molecule has 1 N–H and O–H groups in total. The van der Waals surface area contributed by atoms with Crippen molar-refractivity contribution in [2.24, 2.45) is 11.8 Å². The van der Waals surface area contributed by atoms with Crippen LogP contribution in [-0.2, 0) is 4.79 Å². The molecule has 110 valence electrons. The first-order valence-corrected chi connectivity index (χ1v) is 8.23. The summed E-state index contributed by atoms with van der Waals surface area (Å²) >= 11 is 0. The van der Waals surface area contributed by atoms with Gasteiger partial charge in [-0.1, -0.05) is 52.9 Å². The van der Waals surface area contributed by atoms with Crippen LogP contribution >= 0.6 is 0 Å². The van der Waals surface area contributed by atoms with Crippen molar-refractivity contribution in [2.75, 3.05) is 6.54 Å². The molecular weight excluding hydrogens is 236 g/mol. The topological polar surface area (TPSA) is 32.3 Å². The van der Waals surface area contributed by atoms with Gasteiger partial charge in [-0.3, -0.25) is 10.1 Å². The molecular formula is C16H30N2O. The molecule has 1 amide bonds. The molecule has 19 heavy (non-hydrogen) atoms. The summed E-state index contributed by atoms with van der Waals surface area (Å²) in [6.45, 7) is 7.49. The molecule has 0 radical (unpaired) electrons. The Morgan fingerprint density at radius 2 is 2.00 bits per heavy atom. The molecule has 2 fully saturated rings. The van der Waals surface area contributed by atoms with Crippen LogP contribution in [0.5, 0.6) is 0 Å². The van der Waals surface area contributed by atoms with E-state index < -0.39 is 0 Å². The molecule has 0 aromatic rings. The molecule has 3 nitrogen and oxygen atoms in total. The molecule has 3 unspecified atom stereocenters. The number of hydrogen-bond acceptors (Lipinski definition) is 2. The standard InChI is InChI=1S/C16H30N2O/c1-4-12(3)15-16(19)18(14(5-2)17-15)11-10-13-8-6-7-9-13/h12-15,17H,4-11H2,1-3H3.